The standard InChI is InChI=1S/C15H23NOS/c1-4-9-18(17)14-10-11(2)12-7-5-6-8-13(12)15(14)16-3/h5-8,11,14-16H,4,9-10H2,1-3H3. The number of benzene rings is 1. The second kappa shape index (κ2) is 5.98. The van der Waals surface area contributed by atoms with Crippen LogP contribution in [0, 0.1) is 0 Å². The normalized spacial score (nSPS) is 28.7. The minimum atomic E-state index is -0.727. The Labute approximate surface area is 113 Å². The topological polar surface area (TPSA) is 29.1 Å². The van der Waals surface area contributed by atoms with Crippen LogP contribution in [0.3, 0.4) is 0 Å². The van der Waals surface area contributed by atoms with Crippen LogP contribution < -0.4 is 5.32 Å². The average Bonchev–Trinajstić information content (AvgIpc) is 2.39. The summed E-state index contributed by atoms with van der Waals surface area (Å²) in [5, 5.41) is 3.63. The van der Waals surface area contributed by atoms with E-state index < -0.39 is 10.8 Å². The summed E-state index contributed by atoms with van der Waals surface area (Å²) in [7, 11) is 1.25. The maximum absolute atomic E-state index is 12.4. The van der Waals surface area contributed by atoms with Crippen LogP contribution in [0.15, 0.2) is 24.3 Å². The third-order valence-electron chi connectivity index (χ3n) is 3.87. The van der Waals surface area contributed by atoms with Gasteiger partial charge >= 0.3 is 0 Å². The highest BCUT2D eigenvalue weighted by Gasteiger charge is 2.35. The number of hydrogen-bond donors (Lipinski definition) is 1. The second-order valence-electron chi connectivity index (χ2n) is 5.16. The van der Waals surface area contributed by atoms with Crippen molar-refractivity contribution < 1.29 is 4.21 Å². The molecule has 100 valence electrons. The molecule has 2 rings (SSSR count). The lowest BCUT2D eigenvalue weighted by Crippen LogP contribution is -2.38. The Morgan fingerprint density at radius 2 is 2.00 bits per heavy atom. The van der Waals surface area contributed by atoms with E-state index in [2.05, 4.69) is 43.4 Å². The van der Waals surface area contributed by atoms with Crippen LogP contribution in [-0.2, 0) is 10.8 Å². The van der Waals surface area contributed by atoms with Gasteiger partial charge in [0.05, 0.1) is 5.25 Å². The summed E-state index contributed by atoms with van der Waals surface area (Å²) in [4.78, 5) is 0. The maximum atomic E-state index is 12.4. The molecule has 0 aromatic heterocycles. The van der Waals surface area contributed by atoms with Crippen molar-refractivity contribution in [3.63, 3.8) is 0 Å². The minimum absolute atomic E-state index is 0.241. The number of hydrogen-bond acceptors (Lipinski definition) is 2. The van der Waals surface area contributed by atoms with Crippen LogP contribution in [0.2, 0.25) is 0 Å². The van der Waals surface area contributed by atoms with E-state index in [1.54, 1.807) is 0 Å². The minimum Gasteiger partial charge on any atom is -0.312 e. The Morgan fingerprint density at radius 1 is 1.33 bits per heavy atom. The summed E-state index contributed by atoms with van der Waals surface area (Å²) in [6.45, 7) is 4.35. The fraction of sp³-hybridized carbons (Fsp3) is 0.600. The Kier molecular flexibility index (Phi) is 4.57. The van der Waals surface area contributed by atoms with Crippen molar-refractivity contribution >= 4 is 10.8 Å². The Hall–Kier alpha value is -0.670. The number of nitrogens with one attached hydrogen (secondary N) is 1. The first-order chi connectivity index (χ1) is 8.69. The molecule has 0 spiro atoms. The van der Waals surface area contributed by atoms with Gasteiger partial charge in [0.2, 0.25) is 0 Å². The maximum Gasteiger partial charge on any atom is 0.0548 e. The third-order valence-corrected chi connectivity index (χ3v) is 5.82. The van der Waals surface area contributed by atoms with E-state index in [1.165, 1.54) is 11.1 Å². The number of fused-ring (bicyclic) bond motifs is 1. The summed E-state index contributed by atoms with van der Waals surface area (Å²) in [5.41, 5.74) is 2.76. The fourth-order valence-electron chi connectivity index (χ4n) is 3.01. The van der Waals surface area contributed by atoms with E-state index in [1.807, 2.05) is 7.05 Å². The van der Waals surface area contributed by atoms with Crippen LogP contribution in [0.25, 0.3) is 0 Å². The summed E-state index contributed by atoms with van der Waals surface area (Å²) >= 11 is 0. The molecule has 1 aliphatic rings. The van der Waals surface area contributed by atoms with Crippen molar-refractivity contribution in [2.24, 2.45) is 0 Å². The molecule has 1 aromatic rings. The molecule has 0 fully saturated rings. The molecule has 1 aromatic carbocycles. The van der Waals surface area contributed by atoms with Crippen molar-refractivity contribution in [3.05, 3.63) is 35.4 Å². The first-order valence-electron chi connectivity index (χ1n) is 6.82. The highest BCUT2D eigenvalue weighted by atomic mass is 32.2. The largest absolute Gasteiger partial charge is 0.312 e. The Bertz CT molecular complexity index is 432. The van der Waals surface area contributed by atoms with Gasteiger partial charge in [-0.3, -0.25) is 4.21 Å². The SMILES string of the molecule is CCCS(=O)C1CC(C)c2ccccc2C1NC. The zero-order valence-corrected chi connectivity index (χ0v) is 12.3. The van der Waals surface area contributed by atoms with E-state index >= 15 is 0 Å². The molecule has 2 nitrogen and oxygen atoms in total. The first-order valence-corrected chi connectivity index (χ1v) is 8.20. The molecule has 0 aliphatic heterocycles. The van der Waals surface area contributed by atoms with Crippen LogP contribution in [0.5, 0.6) is 0 Å². The lowest BCUT2D eigenvalue weighted by Gasteiger charge is -2.36. The van der Waals surface area contributed by atoms with Crippen LogP contribution in [0.4, 0.5) is 0 Å². The van der Waals surface area contributed by atoms with Crippen molar-refractivity contribution in [1.82, 2.24) is 5.32 Å². The first kappa shape index (κ1) is 13.8. The van der Waals surface area contributed by atoms with Gasteiger partial charge < -0.3 is 5.32 Å². The molecular formula is C15H23NOS. The smallest absolute Gasteiger partial charge is 0.0548 e. The van der Waals surface area contributed by atoms with Gasteiger partial charge in [0, 0.05) is 22.6 Å². The molecule has 3 heteroatoms. The molecule has 0 saturated carbocycles. The van der Waals surface area contributed by atoms with Gasteiger partial charge in [0.15, 0.2) is 0 Å². The summed E-state index contributed by atoms with van der Waals surface area (Å²) in [5.74, 6) is 1.33. The van der Waals surface area contributed by atoms with Gasteiger partial charge in [-0.2, -0.15) is 0 Å². The molecule has 18 heavy (non-hydrogen) atoms. The van der Waals surface area contributed by atoms with Crippen LogP contribution in [0.1, 0.15) is 49.8 Å². The van der Waals surface area contributed by atoms with Gasteiger partial charge in [-0.05, 0) is 36.9 Å². The van der Waals surface area contributed by atoms with Gasteiger partial charge in [-0.1, -0.05) is 38.1 Å². The molecule has 0 heterocycles. The van der Waals surface area contributed by atoms with Crippen LogP contribution >= 0.6 is 0 Å². The van der Waals surface area contributed by atoms with Crippen molar-refractivity contribution in [1.29, 1.82) is 0 Å². The molecule has 4 atom stereocenters. The molecular weight excluding hydrogens is 242 g/mol. The van der Waals surface area contributed by atoms with Gasteiger partial charge in [-0.15, -0.1) is 0 Å². The Morgan fingerprint density at radius 3 is 2.61 bits per heavy atom. The highest BCUT2D eigenvalue weighted by Crippen LogP contribution is 2.39. The third kappa shape index (κ3) is 2.52. The summed E-state index contributed by atoms with van der Waals surface area (Å²) < 4.78 is 12.4. The monoisotopic (exact) mass is 265 g/mol. The summed E-state index contributed by atoms with van der Waals surface area (Å²) in [6, 6.07) is 8.82. The molecule has 1 N–H and O–H groups in total. The van der Waals surface area contributed by atoms with E-state index in [0.717, 1.165) is 18.6 Å². The molecule has 0 bridgehead atoms. The van der Waals surface area contributed by atoms with Gasteiger partial charge in [0.1, 0.15) is 0 Å². The lowest BCUT2D eigenvalue weighted by molar-refractivity contribution is 0.462. The molecule has 0 saturated heterocycles. The average molecular weight is 265 g/mol. The van der Waals surface area contributed by atoms with Gasteiger partial charge in [-0.25, -0.2) is 0 Å². The Balaban J connectivity index is 2.34. The predicted molar refractivity (Wildman–Crippen MR) is 78.4 cm³/mol. The zero-order chi connectivity index (χ0) is 13.1. The van der Waals surface area contributed by atoms with Crippen molar-refractivity contribution in [2.75, 3.05) is 12.8 Å². The van der Waals surface area contributed by atoms with E-state index in [9.17, 15) is 4.21 Å². The van der Waals surface area contributed by atoms with Crippen molar-refractivity contribution in [2.45, 2.75) is 43.9 Å². The highest BCUT2D eigenvalue weighted by molar-refractivity contribution is 7.85. The number of rotatable bonds is 4. The zero-order valence-electron chi connectivity index (χ0n) is 11.5. The predicted octanol–water partition coefficient (Wildman–Crippen LogP) is 2.98. The fourth-order valence-corrected chi connectivity index (χ4v) is 4.80. The lowest BCUT2D eigenvalue weighted by atomic mass is 9.81. The molecule has 0 radical (unpaired) electrons. The van der Waals surface area contributed by atoms with Crippen LogP contribution in [-0.4, -0.2) is 22.3 Å². The molecule has 4 unspecified atom stereocenters. The molecule has 0 amide bonds. The molecule has 1 aliphatic carbocycles. The van der Waals surface area contributed by atoms with E-state index in [0.29, 0.717) is 5.92 Å². The quantitative estimate of drug-likeness (QED) is 0.907. The van der Waals surface area contributed by atoms with Gasteiger partial charge in [0.25, 0.3) is 0 Å². The van der Waals surface area contributed by atoms with E-state index in [-0.39, 0.29) is 11.3 Å². The summed E-state index contributed by atoms with van der Waals surface area (Å²) in [6.07, 6.45) is 2.02. The van der Waals surface area contributed by atoms with E-state index in [4.69, 9.17) is 0 Å². The second-order valence-corrected chi connectivity index (χ2v) is 6.93. The van der Waals surface area contributed by atoms with Crippen molar-refractivity contribution in [3.8, 4) is 0 Å².